The fourth-order valence-electron chi connectivity index (χ4n) is 1.61. The molecule has 0 saturated carbocycles. The summed E-state index contributed by atoms with van der Waals surface area (Å²) in [6, 6.07) is 0.675. The van der Waals surface area contributed by atoms with Crippen molar-refractivity contribution in [3.63, 3.8) is 0 Å². The van der Waals surface area contributed by atoms with E-state index in [9.17, 15) is 4.79 Å². The minimum atomic E-state index is -0.119. The molecule has 4 heteroatoms. The van der Waals surface area contributed by atoms with Gasteiger partial charge in [0.25, 0.3) is 0 Å². The monoisotopic (exact) mass is 217 g/mol. The quantitative estimate of drug-likeness (QED) is 0.558. The number of thioether (sulfide) groups is 1. The molecule has 0 aromatic carbocycles. The summed E-state index contributed by atoms with van der Waals surface area (Å²) in [5.74, 6) is 1.42. The average Bonchev–Trinajstić information content (AvgIpc) is 2.25. The van der Waals surface area contributed by atoms with Crippen LogP contribution < -0.4 is 5.32 Å². The second kappa shape index (κ2) is 7.12. The molecule has 1 saturated heterocycles. The van der Waals surface area contributed by atoms with Gasteiger partial charge in [-0.3, -0.25) is 4.79 Å². The van der Waals surface area contributed by atoms with E-state index in [-0.39, 0.29) is 5.97 Å². The van der Waals surface area contributed by atoms with E-state index in [1.54, 1.807) is 11.8 Å². The predicted octanol–water partition coefficient (Wildman–Crippen LogP) is 1.42. The van der Waals surface area contributed by atoms with Gasteiger partial charge < -0.3 is 10.1 Å². The maximum atomic E-state index is 10.8. The Balaban J connectivity index is 1.94. The first kappa shape index (κ1) is 11.9. The first-order valence-electron chi connectivity index (χ1n) is 5.21. The number of ether oxygens (including phenoxy) is 1. The topological polar surface area (TPSA) is 38.3 Å². The van der Waals surface area contributed by atoms with Crippen molar-refractivity contribution in [3.05, 3.63) is 0 Å². The molecule has 0 unspecified atom stereocenters. The number of hydrogen-bond acceptors (Lipinski definition) is 4. The van der Waals surface area contributed by atoms with Gasteiger partial charge in [0.1, 0.15) is 0 Å². The van der Waals surface area contributed by atoms with Crippen LogP contribution in [0.3, 0.4) is 0 Å². The molecule has 1 heterocycles. The molecular formula is C10H19NO2S. The summed E-state index contributed by atoms with van der Waals surface area (Å²) >= 11 is 1.67. The van der Waals surface area contributed by atoms with E-state index in [2.05, 4.69) is 10.1 Å². The Labute approximate surface area is 90.0 Å². The molecule has 0 spiro atoms. The van der Waals surface area contributed by atoms with Crippen molar-refractivity contribution < 1.29 is 9.53 Å². The minimum Gasteiger partial charge on any atom is -0.468 e. The molecule has 1 atom stereocenters. The van der Waals surface area contributed by atoms with Gasteiger partial charge in [0.05, 0.1) is 12.9 Å². The Morgan fingerprint density at radius 1 is 1.57 bits per heavy atom. The van der Waals surface area contributed by atoms with Crippen LogP contribution in [0.2, 0.25) is 0 Å². The molecule has 0 aliphatic carbocycles. The highest BCUT2D eigenvalue weighted by Crippen LogP contribution is 2.13. The van der Waals surface area contributed by atoms with Crippen molar-refractivity contribution in [2.75, 3.05) is 25.2 Å². The van der Waals surface area contributed by atoms with Crippen LogP contribution in [0, 0.1) is 0 Å². The van der Waals surface area contributed by atoms with Crippen molar-refractivity contribution in [2.45, 2.75) is 31.7 Å². The van der Waals surface area contributed by atoms with Crippen molar-refractivity contribution in [1.29, 1.82) is 0 Å². The van der Waals surface area contributed by atoms with E-state index in [4.69, 9.17) is 0 Å². The third-order valence-corrected chi connectivity index (χ3v) is 3.43. The summed E-state index contributed by atoms with van der Waals surface area (Å²) in [4.78, 5) is 10.8. The zero-order valence-corrected chi connectivity index (χ0v) is 9.57. The fraction of sp³-hybridized carbons (Fsp3) is 0.900. The van der Waals surface area contributed by atoms with E-state index >= 15 is 0 Å². The number of piperidine rings is 1. The van der Waals surface area contributed by atoms with Gasteiger partial charge in [-0.05, 0) is 31.6 Å². The maximum absolute atomic E-state index is 10.8. The number of hydrogen-bond donors (Lipinski definition) is 1. The number of carbonyl (C=O) groups is 1. The SMILES string of the molecule is COC(=O)CSCC[C@H]1CCCCN1. The average molecular weight is 217 g/mol. The van der Waals surface area contributed by atoms with Gasteiger partial charge in [-0.2, -0.15) is 11.8 Å². The number of nitrogens with one attached hydrogen (secondary N) is 1. The van der Waals surface area contributed by atoms with Gasteiger partial charge in [-0.1, -0.05) is 6.42 Å². The number of methoxy groups -OCH3 is 1. The maximum Gasteiger partial charge on any atom is 0.315 e. The van der Waals surface area contributed by atoms with E-state index < -0.39 is 0 Å². The van der Waals surface area contributed by atoms with Gasteiger partial charge in [0.2, 0.25) is 0 Å². The third-order valence-electron chi connectivity index (χ3n) is 2.47. The third kappa shape index (κ3) is 4.86. The minimum absolute atomic E-state index is 0.119. The highest BCUT2D eigenvalue weighted by atomic mass is 32.2. The highest BCUT2D eigenvalue weighted by Gasteiger charge is 2.11. The number of rotatable bonds is 5. The summed E-state index contributed by atoms with van der Waals surface area (Å²) in [7, 11) is 1.44. The van der Waals surface area contributed by atoms with Crippen LogP contribution in [-0.2, 0) is 9.53 Å². The molecule has 82 valence electrons. The molecule has 1 rings (SSSR count). The van der Waals surface area contributed by atoms with Crippen LogP contribution in [0.1, 0.15) is 25.7 Å². The van der Waals surface area contributed by atoms with Crippen molar-refractivity contribution >= 4 is 17.7 Å². The molecule has 14 heavy (non-hydrogen) atoms. The zero-order chi connectivity index (χ0) is 10.2. The van der Waals surface area contributed by atoms with Crippen LogP contribution in [0.15, 0.2) is 0 Å². The lowest BCUT2D eigenvalue weighted by Gasteiger charge is -2.22. The predicted molar refractivity (Wildman–Crippen MR) is 59.6 cm³/mol. The summed E-state index contributed by atoms with van der Waals surface area (Å²) < 4.78 is 4.57. The Hall–Kier alpha value is -0.220. The summed E-state index contributed by atoms with van der Waals surface area (Å²) in [5, 5.41) is 3.49. The zero-order valence-electron chi connectivity index (χ0n) is 8.75. The first-order chi connectivity index (χ1) is 6.83. The van der Waals surface area contributed by atoms with Crippen LogP contribution in [-0.4, -0.2) is 37.2 Å². The molecule has 1 aliphatic heterocycles. The summed E-state index contributed by atoms with van der Waals surface area (Å²) in [6.07, 6.45) is 5.12. The van der Waals surface area contributed by atoms with Crippen LogP contribution in [0.4, 0.5) is 0 Å². The molecule has 3 nitrogen and oxygen atoms in total. The molecule has 1 fully saturated rings. The highest BCUT2D eigenvalue weighted by molar-refractivity contribution is 7.99. The first-order valence-corrected chi connectivity index (χ1v) is 6.36. The van der Waals surface area contributed by atoms with Crippen LogP contribution in [0.25, 0.3) is 0 Å². The fourth-order valence-corrected chi connectivity index (χ4v) is 2.49. The largest absolute Gasteiger partial charge is 0.468 e. The van der Waals surface area contributed by atoms with E-state index in [0.717, 1.165) is 12.3 Å². The van der Waals surface area contributed by atoms with Crippen LogP contribution >= 0.6 is 11.8 Å². The van der Waals surface area contributed by atoms with Gasteiger partial charge in [0, 0.05) is 6.04 Å². The Kier molecular flexibility index (Phi) is 6.03. The van der Waals surface area contributed by atoms with Gasteiger partial charge in [-0.25, -0.2) is 0 Å². The Morgan fingerprint density at radius 2 is 2.43 bits per heavy atom. The number of esters is 1. The molecular weight excluding hydrogens is 198 g/mol. The van der Waals surface area contributed by atoms with Gasteiger partial charge in [-0.15, -0.1) is 0 Å². The molecule has 0 aromatic heterocycles. The molecule has 0 amide bonds. The Morgan fingerprint density at radius 3 is 3.07 bits per heavy atom. The lowest BCUT2D eigenvalue weighted by atomic mass is 10.0. The molecule has 0 radical (unpaired) electrons. The number of carbonyl (C=O) groups excluding carboxylic acids is 1. The lowest BCUT2D eigenvalue weighted by molar-refractivity contribution is -0.137. The summed E-state index contributed by atoms with van der Waals surface area (Å²) in [6.45, 7) is 1.16. The lowest BCUT2D eigenvalue weighted by Crippen LogP contribution is -2.34. The van der Waals surface area contributed by atoms with Crippen molar-refractivity contribution in [2.24, 2.45) is 0 Å². The summed E-state index contributed by atoms with van der Waals surface area (Å²) in [5.41, 5.74) is 0. The van der Waals surface area contributed by atoms with Crippen molar-refractivity contribution in [3.8, 4) is 0 Å². The van der Waals surface area contributed by atoms with E-state index in [1.165, 1.54) is 32.8 Å². The molecule has 1 aliphatic rings. The second-order valence-corrected chi connectivity index (χ2v) is 4.67. The molecule has 1 N–H and O–H groups in total. The second-order valence-electron chi connectivity index (χ2n) is 3.56. The van der Waals surface area contributed by atoms with Gasteiger partial charge in [0.15, 0.2) is 0 Å². The molecule has 0 aromatic rings. The Bertz CT molecular complexity index is 170. The van der Waals surface area contributed by atoms with E-state index in [0.29, 0.717) is 11.8 Å². The molecule has 0 bridgehead atoms. The van der Waals surface area contributed by atoms with Crippen LogP contribution in [0.5, 0.6) is 0 Å². The van der Waals surface area contributed by atoms with E-state index in [1.807, 2.05) is 0 Å². The normalized spacial score (nSPS) is 21.9. The smallest absolute Gasteiger partial charge is 0.315 e. The van der Waals surface area contributed by atoms with Gasteiger partial charge >= 0.3 is 5.97 Å². The standard InChI is InChI=1S/C10H19NO2S/c1-13-10(12)8-14-7-5-9-4-2-3-6-11-9/h9,11H,2-8H2,1H3/t9-/m1/s1. The van der Waals surface area contributed by atoms with Crippen molar-refractivity contribution in [1.82, 2.24) is 5.32 Å².